The molecule has 4 heterocycles. The van der Waals surface area contributed by atoms with E-state index < -0.39 is 0 Å². The Morgan fingerprint density at radius 1 is 1.06 bits per heavy atom. The fraction of sp³-hybridized carbons (Fsp3) is 0.423. The molecular formula is C26H29N5O4. The van der Waals surface area contributed by atoms with Gasteiger partial charge in [0.25, 0.3) is 5.89 Å². The lowest BCUT2D eigenvalue weighted by atomic mass is 9.95. The molecule has 9 nitrogen and oxygen atoms in total. The summed E-state index contributed by atoms with van der Waals surface area (Å²) in [6.07, 6.45) is 3.93. The number of hydrogen-bond donors (Lipinski definition) is 0. The summed E-state index contributed by atoms with van der Waals surface area (Å²) in [5.74, 6) is 2.30. The summed E-state index contributed by atoms with van der Waals surface area (Å²) in [4.78, 5) is 24.0. The minimum absolute atomic E-state index is 0.0169. The van der Waals surface area contributed by atoms with E-state index in [0.29, 0.717) is 30.6 Å². The van der Waals surface area contributed by atoms with E-state index in [4.69, 9.17) is 13.6 Å². The Kier molecular flexibility index (Phi) is 6.62. The maximum Gasteiger partial charge on any atom is 0.266 e. The molecule has 2 saturated heterocycles. The van der Waals surface area contributed by atoms with Crippen molar-refractivity contribution in [2.75, 3.05) is 56.2 Å². The van der Waals surface area contributed by atoms with Crippen molar-refractivity contribution in [2.45, 2.75) is 19.3 Å². The summed E-state index contributed by atoms with van der Waals surface area (Å²) in [5, 5.41) is 9.53. The maximum atomic E-state index is 13.3. The molecule has 182 valence electrons. The quantitative estimate of drug-likeness (QED) is 0.550. The van der Waals surface area contributed by atoms with E-state index >= 15 is 0 Å². The number of aromatic nitrogens is 1. The van der Waals surface area contributed by atoms with Gasteiger partial charge in [-0.1, -0.05) is 0 Å². The van der Waals surface area contributed by atoms with Gasteiger partial charge < -0.3 is 28.3 Å². The smallest absolute Gasteiger partial charge is 0.266 e. The van der Waals surface area contributed by atoms with E-state index in [-0.39, 0.29) is 17.5 Å². The standard InChI is InChI=1S/C26H29N5O4/c1-33-21-7-5-20(6-8-21)29-11-3-12-30(16-15-29)25(32)19-9-13-31(14-10-19)26-22(18-27)28-24(35-26)23-4-2-17-34-23/h2,4-8,17,19H,3,9-16H2,1H3. The van der Waals surface area contributed by atoms with E-state index in [0.717, 1.165) is 56.9 Å². The van der Waals surface area contributed by atoms with Gasteiger partial charge in [0.05, 0.1) is 13.4 Å². The van der Waals surface area contributed by atoms with Crippen molar-refractivity contribution >= 4 is 17.5 Å². The Balaban J connectivity index is 1.18. The lowest BCUT2D eigenvalue weighted by molar-refractivity contribution is -0.136. The molecule has 1 amide bonds. The fourth-order valence-corrected chi connectivity index (χ4v) is 4.88. The van der Waals surface area contributed by atoms with Crippen LogP contribution in [-0.2, 0) is 4.79 Å². The third kappa shape index (κ3) is 4.83. The van der Waals surface area contributed by atoms with Gasteiger partial charge in [-0.3, -0.25) is 4.79 Å². The number of nitriles is 1. The number of rotatable bonds is 5. The third-order valence-corrected chi connectivity index (χ3v) is 6.82. The minimum atomic E-state index is -0.0169. The number of amides is 1. The molecule has 2 aliphatic heterocycles. The molecule has 5 rings (SSSR count). The van der Waals surface area contributed by atoms with Gasteiger partial charge in [0.2, 0.25) is 17.5 Å². The number of furan rings is 1. The first-order chi connectivity index (χ1) is 17.2. The van der Waals surface area contributed by atoms with Crippen LogP contribution in [0.3, 0.4) is 0 Å². The van der Waals surface area contributed by atoms with E-state index in [1.807, 2.05) is 21.9 Å². The minimum Gasteiger partial charge on any atom is -0.497 e. The number of anilines is 2. The van der Waals surface area contributed by atoms with Crippen molar-refractivity contribution in [3.8, 4) is 23.5 Å². The molecule has 2 fully saturated rings. The molecule has 2 aliphatic rings. The molecule has 0 atom stereocenters. The Labute approximate surface area is 204 Å². The fourth-order valence-electron chi connectivity index (χ4n) is 4.88. The normalized spacial score (nSPS) is 17.2. The van der Waals surface area contributed by atoms with Crippen molar-refractivity contribution in [3.05, 3.63) is 48.4 Å². The third-order valence-electron chi connectivity index (χ3n) is 6.82. The Bertz CT molecular complexity index is 1170. The van der Waals surface area contributed by atoms with Crippen LogP contribution >= 0.6 is 0 Å². The summed E-state index contributed by atoms with van der Waals surface area (Å²) in [7, 11) is 1.67. The number of oxazole rings is 1. The first kappa shape index (κ1) is 22.8. The largest absolute Gasteiger partial charge is 0.497 e. The highest BCUT2D eigenvalue weighted by Gasteiger charge is 2.32. The zero-order chi connectivity index (χ0) is 24.2. The van der Waals surface area contributed by atoms with E-state index in [2.05, 4.69) is 28.1 Å². The van der Waals surface area contributed by atoms with Gasteiger partial charge in [-0.05, 0) is 55.7 Å². The molecule has 0 spiro atoms. The highest BCUT2D eigenvalue weighted by atomic mass is 16.5. The number of ether oxygens (including phenoxy) is 1. The SMILES string of the molecule is COc1ccc(N2CCCN(C(=O)C3CCN(c4oc(-c5ccco5)nc4C#N)CC3)CC2)cc1. The number of hydrogen-bond acceptors (Lipinski definition) is 8. The van der Waals surface area contributed by atoms with Crippen LogP contribution in [0.25, 0.3) is 11.7 Å². The molecule has 3 aromatic rings. The molecule has 0 saturated carbocycles. The van der Waals surface area contributed by atoms with Crippen LogP contribution < -0.4 is 14.5 Å². The Morgan fingerprint density at radius 2 is 1.86 bits per heavy atom. The van der Waals surface area contributed by atoms with Crippen LogP contribution in [0.5, 0.6) is 5.75 Å². The molecule has 35 heavy (non-hydrogen) atoms. The molecule has 0 unspecified atom stereocenters. The van der Waals surface area contributed by atoms with Gasteiger partial charge in [-0.15, -0.1) is 0 Å². The number of benzene rings is 1. The van der Waals surface area contributed by atoms with Crippen LogP contribution in [0.1, 0.15) is 25.0 Å². The van der Waals surface area contributed by atoms with Crippen LogP contribution in [0.2, 0.25) is 0 Å². The topological polar surface area (TPSA) is 99.0 Å². The van der Waals surface area contributed by atoms with Crippen molar-refractivity contribution < 1.29 is 18.4 Å². The van der Waals surface area contributed by atoms with Crippen molar-refractivity contribution in [2.24, 2.45) is 5.92 Å². The van der Waals surface area contributed by atoms with E-state index in [9.17, 15) is 10.1 Å². The number of nitrogens with zero attached hydrogens (tertiary/aromatic N) is 5. The molecule has 1 aromatic carbocycles. The van der Waals surface area contributed by atoms with Gasteiger partial charge in [-0.25, -0.2) is 0 Å². The molecule has 9 heteroatoms. The number of methoxy groups -OCH3 is 1. The number of carbonyl (C=O) groups excluding carboxylic acids is 1. The van der Waals surface area contributed by atoms with Gasteiger partial charge in [0.1, 0.15) is 11.8 Å². The lowest BCUT2D eigenvalue weighted by Gasteiger charge is -2.33. The predicted octanol–water partition coefficient (Wildman–Crippen LogP) is 3.77. The lowest BCUT2D eigenvalue weighted by Crippen LogP contribution is -2.44. The van der Waals surface area contributed by atoms with Crippen molar-refractivity contribution in [1.29, 1.82) is 5.26 Å². The zero-order valence-corrected chi connectivity index (χ0v) is 19.9. The van der Waals surface area contributed by atoms with Gasteiger partial charge in [0.15, 0.2) is 5.76 Å². The summed E-state index contributed by atoms with van der Waals surface area (Å²) < 4.78 is 16.5. The number of piperidine rings is 1. The van der Waals surface area contributed by atoms with Crippen molar-refractivity contribution in [1.82, 2.24) is 9.88 Å². The molecule has 2 aromatic heterocycles. The molecule has 0 bridgehead atoms. The highest BCUT2D eigenvalue weighted by molar-refractivity contribution is 5.79. The summed E-state index contributed by atoms with van der Waals surface area (Å²) in [6.45, 7) is 4.52. The van der Waals surface area contributed by atoms with Gasteiger partial charge in [-0.2, -0.15) is 10.2 Å². The summed E-state index contributed by atoms with van der Waals surface area (Å²) >= 11 is 0. The first-order valence-electron chi connectivity index (χ1n) is 12.0. The Morgan fingerprint density at radius 3 is 2.54 bits per heavy atom. The van der Waals surface area contributed by atoms with Crippen LogP contribution in [-0.4, -0.2) is 62.2 Å². The maximum absolute atomic E-state index is 13.3. The zero-order valence-electron chi connectivity index (χ0n) is 19.9. The second-order valence-electron chi connectivity index (χ2n) is 8.89. The van der Waals surface area contributed by atoms with Gasteiger partial charge >= 0.3 is 0 Å². The first-order valence-corrected chi connectivity index (χ1v) is 12.0. The molecule has 0 radical (unpaired) electrons. The monoisotopic (exact) mass is 475 g/mol. The van der Waals surface area contributed by atoms with Crippen LogP contribution in [0.15, 0.2) is 51.5 Å². The second-order valence-corrected chi connectivity index (χ2v) is 8.89. The summed E-state index contributed by atoms with van der Waals surface area (Å²) in [6, 6.07) is 13.7. The number of carbonyl (C=O) groups is 1. The molecule has 0 N–H and O–H groups in total. The van der Waals surface area contributed by atoms with Crippen LogP contribution in [0.4, 0.5) is 11.6 Å². The highest BCUT2D eigenvalue weighted by Crippen LogP contribution is 2.32. The molecular weight excluding hydrogens is 446 g/mol. The predicted molar refractivity (Wildman–Crippen MR) is 130 cm³/mol. The van der Waals surface area contributed by atoms with Gasteiger partial charge in [0, 0.05) is 50.9 Å². The van der Waals surface area contributed by atoms with E-state index in [1.165, 1.54) is 0 Å². The average molecular weight is 476 g/mol. The van der Waals surface area contributed by atoms with Crippen molar-refractivity contribution in [3.63, 3.8) is 0 Å². The second kappa shape index (κ2) is 10.1. The Hall–Kier alpha value is -3.93. The average Bonchev–Trinajstić information content (AvgIpc) is 3.53. The molecule has 0 aliphatic carbocycles. The van der Waals surface area contributed by atoms with Crippen LogP contribution in [0, 0.1) is 17.2 Å². The van der Waals surface area contributed by atoms with E-state index in [1.54, 1.807) is 25.5 Å². The summed E-state index contributed by atoms with van der Waals surface area (Å²) in [5.41, 5.74) is 1.40.